The number of hydrazone groups is 1. The van der Waals surface area contributed by atoms with E-state index in [2.05, 4.69) is 15.8 Å². The second-order valence-corrected chi connectivity index (χ2v) is 5.08. The predicted octanol–water partition coefficient (Wildman–Crippen LogP) is 3.55. The van der Waals surface area contributed by atoms with Crippen molar-refractivity contribution in [3.63, 3.8) is 0 Å². The van der Waals surface area contributed by atoms with Crippen molar-refractivity contribution in [2.45, 2.75) is 20.8 Å². The highest BCUT2D eigenvalue weighted by molar-refractivity contribution is 6.00. The second kappa shape index (κ2) is 6.76. The summed E-state index contributed by atoms with van der Waals surface area (Å²) in [7, 11) is 0. The molecule has 0 saturated heterocycles. The van der Waals surface area contributed by atoms with Crippen molar-refractivity contribution < 1.29 is 9.90 Å². The maximum Gasteiger partial charge on any atom is 0.339 e. The quantitative estimate of drug-likeness (QED) is 0.598. The summed E-state index contributed by atoms with van der Waals surface area (Å²) in [6.07, 6.45) is 0. The molecule has 0 unspecified atom stereocenters. The van der Waals surface area contributed by atoms with Gasteiger partial charge in [-0.2, -0.15) is 5.10 Å². The number of phenols is 1. The van der Waals surface area contributed by atoms with E-state index < -0.39 is 6.03 Å². The van der Waals surface area contributed by atoms with Gasteiger partial charge in [-0.15, -0.1) is 0 Å². The molecule has 0 saturated carbocycles. The number of aryl methyl sites for hydroxylation is 2. The van der Waals surface area contributed by atoms with Gasteiger partial charge in [0.1, 0.15) is 5.75 Å². The highest BCUT2D eigenvalue weighted by Crippen LogP contribution is 2.19. The van der Waals surface area contributed by atoms with Gasteiger partial charge in [-0.1, -0.05) is 18.2 Å². The summed E-state index contributed by atoms with van der Waals surface area (Å²) < 4.78 is 0. The number of phenolic OH excluding ortho intramolecular Hbond substituents is 1. The van der Waals surface area contributed by atoms with Gasteiger partial charge in [-0.05, 0) is 61.7 Å². The summed E-state index contributed by atoms with van der Waals surface area (Å²) >= 11 is 0. The zero-order valence-electron chi connectivity index (χ0n) is 12.8. The number of anilines is 1. The number of nitrogens with zero attached hydrogens (tertiary/aromatic N) is 1. The number of amides is 2. The van der Waals surface area contributed by atoms with Crippen LogP contribution in [0.4, 0.5) is 10.5 Å². The fraction of sp³-hybridized carbons (Fsp3) is 0.176. The van der Waals surface area contributed by atoms with E-state index >= 15 is 0 Å². The summed E-state index contributed by atoms with van der Waals surface area (Å²) in [4.78, 5) is 11.9. The zero-order valence-corrected chi connectivity index (χ0v) is 12.8. The molecule has 0 atom stereocenters. The molecule has 0 fully saturated rings. The van der Waals surface area contributed by atoms with Crippen molar-refractivity contribution in [1.82, 2.24) is 5.43 Å². The SMILES string of the molecule is C/C(=N\NC(=O)Nc1c(C)cccc1C)c1ccc(O)cc1. The first-order valence-corrected chi connectivity index (χ1v) is 6.94. The zero-order chi connectivity index (χ0) is 16.1. The summed E-state index contributed by atoms with van der Waals surface area (Å²) in [6.45, 7) is 5.66. The molecule has 2 aromatic carbocycles. The molecule has 5 nitrogen and oxygen atoms in total. The van der Waals surface area contributed by atoms with Crippen LogP contribution in [0.1, 0.15) is 23.6 Å². The number of para-hydroxylation sites is 1. The average Bonchev–Trinajstić information content (AvgIpc) is 2.49. The number of nitrogens with one attached hydrogen (secondary N) is 2. The van der Waals surface area contributed by atoms with E-state index in [1.54, 1.807) is 31.2 Å². The molecule has 2 amide bonds. The Morgan fingerprint density at radius 3 is 2.23 bits per heavy atom. The second-order valence-electron chi connectivity index (χ2n) is 5.08. The van der Waals surface area contributed by atoms with Crippen molar-refractivity contribution in [3.8, 4) is 5.75 Å². The van der Waals surface area contributed by atoms with Crippen molar-refractivity contribution in [2.75, 3.05) is 5.32 Å². The lowest BCUT2D eigenvalue weighted by Crippen LogP contribution is -2.26. The number of rotatable bonds is 3. The maximum atomic E-state index is 11.9. The number of carbonyl (C=O) groups excluding carboxylic acids is 1. The summed E-state index contributed by atoms with van der Waals surface area (Å²) in [5, 5.41) is 16.1. The highest BCUT2D eigenvalue weighted by Gasteiger charge is 2.06. The number of urea groups is 1. The number of hydrogen-bond donors (Lipinski definition) is 3. The van der Waals surface area contributed by atoms with E-state index in [-0.39, 0.29) is 5.75 Å². The minimum atomic E-state index is -0.393. The molecule has 5 heteroatoms. The first-order chi connectivity index (χ1) is 10.5. The van der Waals surface area contributed by atoms with Crippen LogP contribution in [-0.2, 0) is 0 Å². The van der Waals surface area contributed by atoms with E-state index in [1.807, 2.05) is 32.0 Å². The van der Waals surface area contributed by atoms with E-state index in [1.165, 1.54) is 0 Å². The van der Waals surface area contributed by atoms with Crippen LogP contribution >= 0.6 is 0 Å². The molecule has 3 N–H and O–H groups in total. The molecule has 0 aliphatic carbocycles. The molecule has 0 aliphatic heterocycles. The Balaban J connectivity index is 2.03. The van der Waals surface area contributed by atoms with Crippen molar-refractivity contribution in [1.29, 1.82) is 0 Å². The van der Waals surface area contributed by atoms with Crippen LogP contribution in [0.15, 0.2) is 47.6 Å². The lowest BCUT2D eigenvalue weighted by molar-refractivity contribution is 0.252. The smallest absolute Gasteiger partial charge is 0.339 e. The van der Waals surface area contributed by atoms with Gasteiger partial charge in [0.25, 0.3) is 0 Å². The highest BCUT2D eigenvalue weighted by atomic mass is 16.3. The number of hydrogen-bond acceptors (Lipinski definition) is 3. The average molecular weight is 297 g/mol. The van der Waals surface area contributed by atoms with Crippen LogP contribution in [0.5, 0.6) is 5.75 Å². The Bertz CT molecular complexity index is 686. The number of aromatic hydroxyl groups is 1. The summed E-state index contributed by atoms with van der Waals surface area (Å²) in [5.74, 6) is 0.192. The van der Waals surface area contributed by atoms with Gasteiger partial charge in [0.15, 0.2) is 0 Å². The summed E-state index contributed by atoms with van der Waals surface area (Å²) in [5.41, 5.74) is 6.73. The monoisotopic (exact) mass is 297 g/mol. The van der Waals surface area contributed by atoms with Gasteiger partial charge in [-0.25, -0.2) is 10.2 Å². The fourth-order valence-corrected chi connectivity index (χ4v) is 2.05. The van der Waals surface area contributed by atoms with E-state index in [4.69, 9.17) is 0 Å². The first-order valence-electron chi connectivity index (χ1n) is 6.94. The number of carbonyl (C=O) groups is 1. The van der Waals surface area contributed by atoms with E-state index in [0.717, 1.165) is 22.4 Å². The Hall–Kier alpha value is -2.82. The Morgan fingerprint density at radius 1 is 1.05 bits per heavy atom. The minimum absolute atomic E-state index is 0.192. The van der Waals surface area contributed by atoms with E-state index in [9.17, 15) is 9.90 Å². The van der Waals surface area contributed by atoms with Crippen molar-refractivity contribution in [3.05, 3.63) is 59.2 Å². The third-order valence-electron chi connectivity index (χ3n) is 3.33. The van der Waals surface area contributed by atoms with Crippen molar-refractivity contribution >= 4 is 17.4 Å². The number of benzene rings is 2. The molecule has 0 radical (unpaired) electrons. The fourth-order valence-electron chi connectivity index (χ4n) is 2.05. The third kappa shape index (κ3) is 3.85. The van der Waals surface area contributed by atoms with Crippen LogP contribution in [0.25, 0.3) is 0 Å². The molecule has 0 bridgehead atoms. The molecule has 0 spiro atoms. The molecule has 2 rings (SSSR count). The standard InChI is InChI=1S/C17H19N3O2/c1-11-5-4-6-12(2)16(11)18-17(22)20-19-13(3)14-7-9-15(21)10-8-14/h4-10,21H,1-3H3,(H2,18,20,22)/b19-13+. The lowest BCUT2D eigenvalue weighted by Gasteiger charge is -2.11. The van der Waals surface area contributed by atoms with Crippen LogP contribution in [0, 0.1) is 13.8 Å². The van der Waals surface area contributed by atoms with Gasteiger partial charge in [-0.3, -0.25) is 0 Å². The predicted molar refractivity (Wildman–Crippen MR) is 88.4 cm³/mol. The molecule has 22 heavy (non-hydrogen) atoms. The topological polar surface area (TPSA) is 73.7 Å². The minimum Gasteiger partial charge on any atom is -0.508 e. The summed E-state index contributed by atoms with van der Waals surface area (Å²) in [6, 6.07) is 12.0. The largest absolute Gasteiger partial charge is 0.508 e. The molecule has 2 aromatic rings. The molecule has 114 valence electrons. The molecule has 0 aromatic heterocycles. The van der Waals surface area contributed by atoms with Crippen LogP contribution in [0.3, 0.4) is 0 Å². The van der Waals surface area contributed by atoms with Gasteiger partial charge in [0.05, 0.1) is 5.71 Å². The van der Waals surface area contributed by atoms with Gasteiger partial charge in [0.2, 0.25) is 0 Å². The molecule has 0 heterocycles. The third-order valence-corrected chi connectivity index (χ3v) is 3.33. The van der Waals surface area contributed by atoms with Crippen LogP contribution < -0.4 is 10.7 Å². The molecule has 0 aliphatic rings. The van der Waals surface area contributed by atoms with Crippen LogP contribution in [0.2, 0.25) is 0 Å². The van der Waals surface area contributed by atoms with Gasteiger partial charge < -0.3 is 10.4 Å². The molecular weight excluding hydrogens is 278 g/mol. The lowest BCUT2D eigenvalue weighted by atomic mass is 10.1. The van der Waals surface area contributed by atoms with Crippen LogP contribution in [-0.4, -0.2) is 16.8 Å². The molecular formula is C17H19N3O2. The Kier molecular flexibility index (Phi) is 4.78. The first kappa shape index (κ1) is 15.6. The Labute approximate surface area is 129 Å². The van der Waals surface area contributed by atoms with Crippen molar-refractivity contribution in [2.24, 2.45) is 5.10 Å². The Morgan fingerprint density at radius 2 is 1.64 bits per heavy atom. The normalized spacial score (nSPS) is 11.1. The van der Waals surface area contributed by atoms with E-state index in [0.29, 0.717) is 5.71 Å². The van der Waals surface area contributed by atoms with Gasteiger partial charge >= 0.3 is 6.03 Å². The van der Waals surface area contributed by atoms with Gasteiger partial charge in [0, 0.05) is 5.69 Å². The maximum absolute atomic E-state index is 11.9.